The Hall–Kier alpha value is -0.880. The molecule has 0 radical (unpaired) electrons. The number of hydrogen-bond acceptors (Lipinski definition) is 4. The van der Waals surface area contributed by atoms with Gasteiger partial charge in [0.2, 0.25) is 0 Å². The highest BCUT2D eigenvalue weighted by atomic mass is 32.1. The van der Waals surface area contributed by atoms with Gasteiger partial charge in [-0.1, -0.05) is 0 Å². The maximum atomic E-state index is 10.3. The third-order valence-electron chi connectivity index (χ3n) is 0.931. The molecule has 0 spiro atoms. The Morgan fingerprint density at radius 3 is 2.75 bits per heavy atom. The van der Waals surface area contributed by atoms with Crippen molar-refractivity contribution in [1.82, 2.24) is 16.2 Å². The number of hydrazine groups is 1. The molecule has 0 unspecified atom stereocenters. The van der Waals surface area contributed by atoms with E-state index in [2.05, 4.69) is 20.9 Å². The summed E-state index contributed by atoms with van der Waals surface area (Å²) < 4.78 is 4.66. The molecule has 6 heteroatoms. The van der Waals surface area contributed by atoms with Crippen molar-refractivity contribution in [1.29, 1.82) is 0 Å². The summed E-state index contributed by atoms with van der Waals surface area (Å²) in [5.41, 5.74) is 5.32. The molecule has 0 atom stereocenters. The number of ether oxygens (including phenoxy) is 1. The molecular formula is C6H13N3O2S. The largest absolute Gasteiger partial charge is 0.464 e. The van der Waals surface area contributed by atoms with E-state index in [1.54, 1.807) is 7.05 Å². The predicted octanol–water partition coefficient (Wildman–Crippen LogP) is -0.852. The van der Waals surface area contributed by atoms with Crippen LogP contribution in [0, 0.1) is 0 Å². The summed E-state index contributed by atoms with van der Waals surface area (Å²) in [5.74, 6) is -0.288. The second kappa shape index (κ2) is 6.81. The van der Waals surface area contributed by atoms with E-state index in [4.69, 9.17) is 12.2 Å². The molecule has 70 valence electrons. The Morgan fingerprint density at radius 2 is 2.25 bits per heavy atom. The molecule has 0 aromatic heterocycles. The van der Waals surface area contributed by atoms with E-state index in [1.165, 1.54) is 6.92 Å². The Balaban J connectivity index is 3.19. The lowest BCUT2D eigenvalue weighted by molar-refractivity contribution is -0.140. The first-order valence-corrected chi connectivity index (χ1v) is 3.91. The first-order valence-electron chi connectivity index (χ1n) is 3.50. The fourth-order valence-electron chi connectivity index (χ4n) is 0.517. The molecule has 0 amide bonds. The van der Waals surface area contributed by atoms with Crippen molar-refractivity contribution >= 4 is 23.3 Å². The number of rotatable bonds is 4. The third-order valence-corrected chi connectivity index (χ3v) is 1.18. The molecule has 0 saturated heterocycles. The van der Waals surface area contributed by atoms with Crippen molar-refractivity contribution in [2.24, 2.45) is 0 Å². The fourth-order valence-corrected chi connectivity index (χ4v) is 0.721. The van der Waals surface area contributed by atoms with Crippen LogP contribution in [0.3, 0.4) is 0 Å². The van der Waals surface area contributed by atoms with E-state index in [1.807, 2.05) is 0 Å². The average molecular weight is 191 g/mol. The molecule has 0 saturated carbocycles. The van der Waals surface area contributed by atoms with Gasteiger partial charge in [-0.3, -0.25) is 10.2 Å². The second-order valence-corrected chi connectivity index (χ2v) is 2.38. The zero-order valence-electron chi connectivity index (χ0n) is 7.14. The minimum atomic E-state index is -0.288. The van der Waals surface area contributed by atoms with Gasteiger partial charge in [-0.2, -0.15) is 0 Å². The Labute approximate surface area is 76.8 Å². The topological polar surface area (TPSA) is 62.4 Å². The van der Waals surface area contributed by atoms with Crippen LogP contribution >= 0.6 is 12.2 Å². The summed E-state index contributed by atoms with van der Waals surface area (Å²) in [6.45, 7) is 2.19. The van der Waals surface area contributed by atoms with Crippen LogP contribution in [0.2, 0.25) is 0 Å². The quantitative estimate of drug-likeness (QED) is 0.233. The molecule has 0 rings (SSSR count). The fraction of sp³-hybridized carbons (Fsp3) is 0.667. The van der Waals surface area contributed by atoms with Gasteiger partial charge in [0.25, 0.3) is 0 Å². The normalized spacial score (nSPS) is 8.83. The second-order valence-electron chi connectivity index (χ2n) is 1.97. The summed E-state index contributed by atoms with van der Waals surface area (Å²) in [6, 6.07) is 0. The number of thiocarbonyl (C=S) groups is 1. The summed E-state index contributed by atoms with van der Waals surface area (Å²) in [5, 5.41) is 3.30. The van der Waals surface area contributed by atoms with Crippen LogP contribution in [-0.2, 0) is 9.53 Å². The van der Waals surface area contributed by atoms with Crippen LogP contribution in [0.5, 0.6) is 0 Å². The molecule has 0 bridgehead atoms. The lowest BCUT2D eigenvalue weighted by Crippen LogP contribution is -2.43. The van der Waals surface area contributed by atoms with Crippen LogP contribution in [0.1, 0.15) is 6.92 Å². The maximum Gasteiger partial charge on any atom is 0.302 e. The van der Waals surface area contributed by atoms with Crippen molar-refractivity contribution < 1.29 is 9.53 Å². The number of nitrogens with one attached hydrogen (secondary N) is 3. The molecule has 0 heterocycles. The molecule has 0 aliphatic carbocycles. The summed E-state index contributed by atoms with van der Waals surface area (Å²) in [7, 11) is 1.71. The highest BCUT2D eigenvalue weighted by Crippen LogP contribution is 1.73. The van der Waals surface area contributed by atoms with Gasteiger partial charge in [0.15, 0.2) is 5.11 Å². The van der Waals surface area contributed by atoms with Crippen LogP contribution in [-0.4, -0.2) is 31.3 Å². The standard InChI is InChI=1S/C6H13N3O2S/c1-5(10)11-4-3-8-6(12)9-7-2/h7H,3-4H2,1-2H3,(H2,8,9,12). The number of hydrogen-bond donors (Lipinski definition) is 3. The molecular weight excluding hydrogens is 178 g/mol. The van der Waals surface area contributed by atoms with Crippen molar-refractivity contribution in [3.8, 4) is 0 Å². The van der Waals surface area contributed by atoms with Gasteiger partial charge < -0.3 is 10.1 Å². The van der Waals surface area contributed by atoms with Gasteiger partial charge in [-0.05, 0) is 12.2 Å². The number of carbonyl (C=O) groups is 1. The van der Waals surface area contributed by atoms with Crippen LogP contribution in [0.15, 0.2) is 0 Å². The summed E-state index contributed by atoms with van der Waals surface area (Å²) >= 11 is 4.81. The Morgan fingerprint density at radius 1 is 1.58 bits per heavy atom. The lowest BCUT2D eigenvalue weighted by atomic mass is 10.7. The summed E-state index contributed by atoms with van der Waals surface area (Å²) in [4.78, 5) is 10.3. The smallest absolute Gasteiger partial charge is 0.302 e. The van der Waals surface area contributed by atoms with E-state index < -0.39 is 0 Å². The summed E-state index contributed by atoms with van der Waals surface area (Å²) in [6.07, 6.45) is 0. The number of esters is 1. The van der Waals surface area contributed by atoms with Crippen molar-refractivity contribution in [3.63, 3.8) is 0 Å². The van der Waals surface area contributed by atoms with Gasteiger partial charge in [0.1, 0.15) is 6.61 Å². The molecule has 3 N–H and O–H groups in total. The van der Waals surface area contributed by atoms with Crippen LogP contribution < -0.4 is 16.2 Å². The Bertz CT molecular complexity index is 163. The Kier molecular flexibility index (Phi) is 6.31. The van der Waals surface area contributed by atoms with E-state index in [0.29, 0.717) is 18.3 Å². The van der Waals surface area contributed by atoms with E-state index in [9.17, 15) is 4.79 Å². The monoisotopic (exact) mass is 191 g/mol. The van der Waals surface area contributed by atoms with Gasteiger partial charge >= 0.3 is 5.97 Å². The van der Waals surface area contributed by atoms with Crippen molar-refractivity contribution in [2.45, 2.75) is 6.92 Å². The van der Waals surface area contributed by atoms with Crippen LogP contribution in [0.25, 0.3) is 0 Å². The molecule has 0 aromatic rings. The SMILES string of the molecule is CNNC(=S)NCCOC(C)=O. The molecule has 0 fully saturated rings. The maximum absolute atomic E-state index is 10.3. The van der Waals surface area contributed by atoms with Gasteiger partial charge in [-0.25, -0.2) is 5.43 Å². The van der Waals surface area contributed by atoms with E-state index >= 15 is 0 Å². The molecule has 0 aliphatic rings. The highest BCUT2D eigenvalue weighted by Gasteiger charge is 1.93. The zero-order valence-corrected chi connectivity index (χ0v) is 7.96. The van der Waals surface area contributed by atoms with Gasteiger partial charge in [-0.15, -0.1) is 0 Å². The lowest BCUT2D eigenvalue weighted by Gasteiger charge is -2.08. The van der Waals surface area contributed by atoms with E-state index in [-0.39, 0.29) is 5.97 Å². The van der Waals surface area contributed by atoms with Crippen molar-refractivity contribution in [2.75, 3.05) is 20.2 Å². The van der Waals surface area contributed by atoms with Crippen molar-refractivity contribution in [3.05, 3.63) is 0 Å². The van der Waals surface area contributed by atoms with Gasteiger partial charge in [0.05, 0.1) is 6.54 Å². The predicted molar refractivity (Wildman–Crippen MR) is 49.4 cm³/mol. The molecule has 12 heavy (non-hydrogen) atoms. The zero-order chi connectivity index (χ0) is 9.40. The minimum absolute atomic E-state index is 0.288. The molecule has 5 nitrogen and oxygen atoms in total. The van der Waals surface area contributed by atoms with Crippen LogP contribution in [0.4, 0.5) is 0 Å². The number of carbonyl (C=O) groups excluding carboxylic acids is 1. The highest BCUT2D eigenvalue weighted by molar-refractivity contribution is 7.80. The van der Waals surface area contributed by atoms with E-state index in [0.717, 1.165) is 0 Å². The minimum Gasteiger partial charge on any atom is -0.464 e. The first kappa shape index (κ1) is 11.1. The first-order chi connectivity index (χ1) is 5.66. The average Bonchev–Trinajstić information content (AvgIpc) is 1.98. The molecule has 0 aliphatic heterocycles. The third kappa shape index (κ3) is 7.23. The van der Waals surface area contributed by atoms with Gasteiger partial charge in [0, 0.05) is 14.0 Å². The molecule has 0 aromatic carbocycles.